The molecule has 0 aliphatic carbocycles. The number of ketones is 1. The first-order valence-corrected chi connectivity index (χ1v) is 8.80. The number of nitrogens with one attached hydrogen (secondary N) is 1. The van der Waals surface area contributed by atoms with E-state index in [1.165, 1.54) is 11.8 Å². The first kappa shape index (κ1) is 17.2. The van der Waals surface area contributed by atoms with Gasteiger partial charge in [0.05, 0.1) is 17.9 Å². The van der Waals surface area contributed by atoms with Crippen LogP contribution in [0.25, 0.3) is 10.9 Å². The summed E-state index contributed by atoms with van der Waals surface area (Å²) in [6.45, 7) is 1.87. The number of hydrogen-bond acceptors (Lipinski definition) is 6. The van der Waals surface area contributed by atoms with Gasteiger partial charge in [-0.3, -0.25) is 4.79 Å². The second-order valence-corrected chi connectivity index (χ2v) is 6.78. The van der Waals surface area contributed by atoms with Crippen LogP contribution in [0.1, 0.15) is 17.3 Å². The Bertz CT molecular complexity index is 897. The van der Waals surface area contributed by atoms with Gasteiger partial charge in [-0.2, -0.15) is 0 Å². The SMILES string of the molecule is CNc1nc(SC(C)C(=O)c2ccc(OC)cc2)nc2ccccc12. The zero-order valence-electron chi connectivity index (χ0n) is 14.3. The van der Waals surface area contributed by atoms with Crippen LogP contribution >= 0.6 is 11.8 Å². The highest BCUT2D eigenvalue weighted by molar-refractivity contribution is 8.00. The molecule has 0 saturated heterocycles. The van der Waals surface area contributed by atoms with Crippen LogP contribution in [0, 0.1) is 0 Å². The van der Waals surface area contributed by atoms with Gasteiger partial charge >= 0.3 is 0 Å². The molecule has 128 valence electrons. The highest BCUT2D eigenvalue weighted by Gasteiger charge is 2.19. The van der Waals surface area contributed by atoms with E-state index < -0.39 is 0 Å². The topological polar surface area (TPSA) is 64.1 Å². The molecular formula is C19H19N3O2S. The lowest BCUT2D eigenvalue weighted by Crippen LogP contribution is -2.14. The first-order valence-electron chi connectivity index (χ1n) is 7.92. The van der Waals surface area contributed by atoms with Crippen LogP contribution in [0.4, 0.5) is 5.82 Å². The van der Waals surface area contributed by atoms with Crippen LogP contribution in [0.3, 0.4) is 0 Å². The molecule has 5 nitrogen and oxygen atoms in total. The highest BCUT2D eigenvalue weighted by atomic mass is 32.2. The monoisotopic (exact) mass is 353 g/mol. The van der Waals surface area contributed by atoms with Gasteiger partial charge in [0.2, 0.25) is 0 Å². The van der Waals surface area contributed by atoms with E-state index in [9.17, 15) is 4.79 Å². The molecule has 1 heterocycles. The molecule has 6 heteroatoms. The van der Waals surface area contributed by atoms with Gasteiger partial charge in [0.25, 0.3) is 0 Å². The first-order chi connectivity index (χ1) is 12.1. The summed E-state index contributed by atoms with van der Waals surface area (Å²) in [5, 5.41) is 4.34. The van der Waals surface area contributed by atoms with Crippen molar-refractivity contribution in [3.05, 3.63) is 54.1 Å². The van der Waals surface area contributed by atoms with Crippen molar-refractivity contribution in [3.8, 4) is 5.75 Å². The van der Waals surface area contributed by atoms with Crippen LogP contribution in [0.5, 0.6) is 5.75 Å². The summed E-state index contributed by atoms with van der Waals surface area (Å²) < 4.78 is 5.13. The number of rotatable bonds is 6. The molecular weight excluding hydrogens is 334 g/mol. The number of thioether (sulfide) groups is 1. The minimum atomic E-state index is -0.292. The summed E-state index contributed by atoms with van der Waals surface area (Å²) in [5.41, 5.74) is 1.50. The molecule has 0 aliphatic heterocycles. The average molecular weight is 353 g/mol. The number of anilines is 1. The van der Waals surface area contributed by atoms with Crippen LogP contribution in [0.15, 0.2) is 53.7 Å². The number of carbonyl (C=O) groups is 1. The van der Waals surface area contributed by atoms with E-state index in [2.05, 4.69) is 15.3 Å². The number of nitrogens with zero attached hydrogens (tertiary/aromatic N) is 2. The molecule has 0 fully saturated rings. The number of hydrogen-bond donors (Lipinski definition) is 1. The summed E-state index contributed by atoms with van der Waals surface area (Å²) in [7, 11) is 3.43. The fourth-order valence-corrected chi connectivity index (χ4v) is 3.35. The lowest BCUT2D eigenvalue weighted by atomic mass is 10.1. The zero-order valence-corrected chi connectivity index (χ0v) is 15.1. The third-order valence-corrected chi connectivity index (χ3v) is 4.81. The Balaban J connectivity index is 1.83. The number of benzene rings is 2. The van der Waals surface area contributed by atoms with Crippen LogP contribution in [-0.4, -0.2) is 35.2 Å². The Labute approximate surface area is 150 Å². The molecule has 0 saturated carbocycles. The van der Waals surface area contributed by atoms with E-state index >= 15 is 0 Å². The molecule has 1 aromatic heterocycles. The molecule has 1 unspecified atom stereocenters. The third-order valence-electron chi connectivity index (χ3n) is 3.85. The second-order valence-electron chi connectivity index (χ2n) is 5.47. The summed E-state index contributed by atoms with van der Waals surface area (Å²) in [5.74, 6) is 1.53. The number of ether oxygens (including phenoxy) is 1. The van der Waals surface area contributed by atoms with Gasteiger partial charge < -0.3 is 10.1 Å². The van der Waals surface area contributed by atoms with E-state index in [1.54, 1.807) is 31.4 Å². The summed E-state index contributed by atoms with van der Waals surface area (Å²) >= 11 is 1.36. The van der Waals surface area contributed by atoms with Crippen LogP contribution in [-0.2, 0) is 0 Å². The van der Waals surface area contributed by atoms with Crippen molar-refractivity contribution in [1.82, 2.24) is 9.97 Å². The fraction of sp³-hybridized carbons (Fsp3) is 0.211. The van der Waals surface area contributed by atoms with Crippen molar-refractivity contribution in [1.29, 1.82) is 0 Å². The lowest BCUT2D eigenvalue weighted by Gasteiger charge is -2.12. The molecule has 1 atom stereocenters. The average Bonchev–Trinajstić information content (AvgIpc) is 2.66. The predicted molar refractivity (Wildman–Crippen MR) is 102 cm³/mol. The Morgan fingerprint density at radius 2 is 1.84 bits per heavy atom. The molecule has 0 radical (unpaired) electrons. The van der Waals surface area contributed by atoms with Gasteiger partial charge in [-0.1, -0.05) is 23.9 Å². The van der Waals surface area contributed by atoms with Crippen molar-refractivity contribution >= 4 is 34.3 Å². The Kier molecular flexibility index (Phi) is 5.19. The van der Waals surface area contributed by atoms with Crippen molar-refractivity contribution in [2.24, 2.45) is 0 Å². The summed E-state index contributed by atoms with van der Waals surface area (Å²) in [4.78, 5) is 21.7. The Hall–Kier alpha value is -2.60. The quantitative estimate of drug-likeness (QED) is 0.410. The van der Waals surface area contributed by atoms with Gasteiger partial charge in [-0.05, 0) is 43.3 Å². The normalized spacial score (nSPS) is 12.0. The van der Waals surface area contributed by atoms with E-state index in [0.29, 0.717) is 10.7 Å². The third kappa shape index (κ3) is 3.74. The van der Waals surface area contributed by atoms with Crippen molar-refractivity contribution in [2.45, 2.75) is 17.3 Å². The Morgan fingerprint density at radius 3 is 2.52 bits per heavy atom. The number of carbonyl (C=O) groups excluding carboxylic acids is 1. The van der Waals surface area contributed by atoms with E-state index in [1.807, 2.05) is 38.2 Å². The molecule has 25 heavy (non-hydrogen) atoms. The van der Waals surface area contributed by atoms with E-state index in [4.69, 9.17) is 4.74 Å². The maximum atomic E-state index is 12.6. The smallest absolute Gasteiger partial charge is 0.190 e. The number of methoxy groups -OCH3 is 1. The summed E-state index contributed by atoms with van der Waals surface area (Å²) in [6, 6.07) is 14.9. The van der Waals surface area contributed by atoms with Crippen molar-refractivity contribution in [3.63, 3.8) is 0 Å². The minimum Gasteiger partial charge on any atom is -0.497 e. The molecule has 1 N–H and O–H groups in total. The van der Waals surface area contributed by atoms with Crippen molar-refractivity contribution < 1.29 is 9.53 Å². The molecule has 0 spiro atoms. The molecule has 0 bridgehead atoms. The number of fused-ring (bicyclic) bond motifs is 1. The lowest BCUT2D eigenvalue weighted by molar-refractivity contribution is 0.0994. The molecule has 3 rings (SSSR count). The molecule has 0 aliphatic rings. The summed E-state index contributed by atoms with van der Waals surface area (Å²) in [6.07, 6.45) is 0. The van der Waals surface area contributed by atoms with Crippen LogP contribution in [0.2, 0.25) is 0 Å². The second kappa shape index (κ2) is 7.53. The molecule has 2 aromatic carbocycles. The van der Waals surface area contributed by atoms with Crippen molar-refractivity contribution in [2.75, 3.05) is 19.5 Å². The molecule has 3 aromatic rings. The number of aromatic nitrogens is 2. The zero-order chi connectivity index (χ0) is 17.8. The predicted octanol–water partition coefficient (Wildman–Crippen LogP) is 4.04. The molecule has 0 amide bonds. The maximum absolute atomic E-state index is 12.6. The van der Waals surface area contributed by atoms with Gasteiger partial charge in [-0.15, -0.1) is 0 Å². The van der Waals surface area contributed by atoms with Crippen LogP contribution < -0.4 is 10.1 Å². The highest BCUT2D eigenvalue weighted by Crippen LogP contribution is 2.28. The maximum Gasteiger partial charge on any atom is 0.190 e. The van der Waals surface area contributed by atoms with E-state index in [-0.39, 0.29) is 11.0 Å². The van der Waals surface area contributed by atoms with Gasteiger partial charge in [-0.25, -0.2) is 9.97 Å². The van der Waals surface area contributed by atoms with Gasteiger partial charge in [0, 0.05) is 18.0 Å². The fourth-order valence-electron chi connectivity index (χ4n) is 2.50. The van der Waals surface area contributed by atoms with E-state index in [0.717, 1.165) is 22.5 Å². The van der Waals surface area contributed by atoms with Gasteiger partial charge in [0.1, 0.15) is 11.6 Å². The largest absolute Gasteiger partial charge is 0.497 e. The van der Waals surface area contributed by atoms with Gasteiger partial charge in [0.15, 0.2) is 10.9 Å². The number of para-hydroxylation sites is 1. The Morgan fingerprint density at radius 1 is 1.12 bits per heavy atom. The number of Topliss-reactive ketones (excluding diaryl/α,β-unsaturated/α-hetero) is 1. The minimum absolute atomic E-state index is 0.0374. The standard InChI is InChI=1S/C19H19N3O2S/c1-12(17(23)13-8-10-14(24-3)11-9-13)25-19-21-16-7-5-4-6-15(16)18(20-2)22-19/h4-12H,1-3H3,(H,20,21,22).